The number of tetrazole rings is 1. The number of aromatic nitrogens is 4. The summed E-state index contributed by atoms with van der Waals surface area (Å²) < 4.78 is 13.1. The molecule has 0 fully saturated rings. The Hall–Kier alpha value is -2.05. The van der Waals surface area contributed by atoms with Crippen LogP contribution in [-0.4, -0.2) is 33.3 Å². The molecular weight excluding hydrogens is 268 g/mol. The molecule has 0 aliphatic carbocycles. The first-order valence-corrected chi connectivity index (χ1v) is 7.09. The molecule has 0 bridgehead atoms. The topological polar surface area (TPSA) is 61.5 Å². The summed E-state index contributed by atoms with van der Waals surface area (Å²) in [5, 5.41) is 13.1. The number of hydrogen-bond donors (Lipinski definition) is 0. The van der Waals surface area contributed by atoms with E-state index in [-0.39, 0.29) is 0 Å². The third-order valence-corrected chi connectivity index (χ3v) is 3.34. The van der Waals surface area contributed by atoms with Gasteiger partial charge in [-0.1, -0.05) is 12.1 Å². The molecule has 0 aliphatic rings. The molecule has 6 nitrogen and oxygen atoms in total. The van der Waals surface area contributed by atoms with Gasteiger partial charge in [0, 0.05) is 18.6 Å². The number of nitrogens with zero attached hydrogens (tertiary/aromatic N) is 4. The highest BCUT2D eigenvalue weighted by molar-refractivity contribution is 5.83. The first-order valence-electron chi connectivity index (χ1n) is 7.09. The van der Waals surface area contributed by atoms with E-state index in [9.17, 15) is 0 Å². The summed E-state index contributed by atoms with van der Waals surface area (Å²) in [4.78, 5) is 0. The summed E-state index contributed by atoms with van der Waals surface area (Å²) in [6.07, 6.45) is -0.459. The van der Waals surface area contributed by atoms with E-state index >= 15 is 0 Å². The molecule has 0 spiro atoms. The second-order valence-corrected chi connectivity index (χ2v) is 4.82. The van der Waals surface area contributed by atoms with Crippen LogP contribution in [-0.2, 0) is 9.47 Å². The van der Waals surface area contributed by atoms with Crippen molar-refractivity contribution in [2.75, 3.05) is 13.2 Å². The van der Waals surface area contributed by atoms with Gasteiger partial charge in [0.2, 0.25) is 0 Å². The Morgan fingerprint density at radius 2 is 1.90 bits per heavy atom. The van der Waals surface area contributed by atoms with Gasteiger partial charge in [-0.25, -0.2) is 0 Å². The summed E-state index contributed by atoms with van der Waals surface area (Å²) >= 11 is 0. The lowest BCUT2D eigenvalue weighted by Crippen LogP contribution is -2.11. The van der Waals surface area contributed by atoms with Gasteiger partial charge in [-0.3, -0.25) is 0 Å². The molecule has 21 heavy (non-hydrogen) atoms. The average molecular weight is 286 g/mol. The number of aryl methyl sites for hydroxylation is 1. The second kappa shape index (κ2) is 5.75. The largest absolute Gasteiger partial charge is 0.349 e. The van der Waals surface area contributed by atoms with Gasteiger partial charge >= 0.3 is 0 Å². The maximum Gasteiger partial charge on any atom is 0.188 e. The highest BCUT2D eigenvalue weighted by Gasteiger charge is 2.19. The SMILES string of the molecule is CCOC(OCC)c1cc2ccc(C)cc2n2nnnc12. The molecule has 0 radical (unpaired) electrons. The van der Waals surface area contributed by atoms with Crippen molar-refractivity contribution in [3.63, 3.8) is 0 Å². The van der Waals surface area contributed by atoms with E-state index in [2.05, 4.69) is 33.7 Å². The lowest BCUT2D eigenvalue weighted by atomic mass is 10.1. The van der Waals surface area contributed by atoms with Gasteiger partial charge in [0.15, 0.2) is 11.9 Å². The number of pyridine rings is 1. The molecule has 0 saturated carbocycles. The Kier molecular flexibility index (Phi) is 3.81. The number of fused-ring (bicyclic) bond motifs is 3. The molecule has 3 rings (SSSR count). The van der Waals surface area contributed by atoms with Crippen LogP contribution in [0.25, 0.3) is 16.6 Å². The number of hydrogen-bond acceptors (Lipinski definition) is 5. The molecule has 1 aromatic carbocycles. The molecule has 0 unspecified atom stereocenters. The molecule has 0 aliphatic heterocycles. The van der Waals surface area contributed by atoms with Gasteiger partial charge < -0.3 is 9.47 Å². The highest BCUT2D eigenvalue weighted by atomic mass is 16.7. The summed E-state index contributed by atoms with van der Waals surface area (Å²) in [5.74, 6) is 0. The molecule has 110 valence electrons. The van der Waals surface area contributed by atoms with Crippen molar-refractivity contribution in [3.05, 3.63) is 35.4 Å². The lowest BCUT2D eigenvalue weighted by molar-refractivity contribution is -0.139. The van der Waals surface area contributed by atoms with Crippen LogP contribution >= 0.6 is 0 Å². The fourth-order valence-electron chi connectivity index (χ4n) is 2.42. The minimum Gasteiger partial charge on any atom is -0.349 e. The van der Waals surface area contributed by atoms with E-state index in [1.54, 1.807) is 4.52 Å². The van der Waals surface area contributed by atoms with E-state index < -0.39 is 6.29 Å². The van der Waals surface area contributed by atoms with Crippen LogP contribution in [0.5, 0.6) is 0 Å². The molecule has 6 heteroatoms. The second-order valence-electron chi connectivity index (χ2n) is 4.82. The van der Waals surface area contributed by atoms with Crippen molar-refractivity contribution < 1.29 is 9.47 Å². The maximum absolute atomic E-state index is 5.69. The molecule has 0 atom stereocenters. The van der Waals surface area contributed by atoms with Gasteiger partial charge in [0.1, 0.15) is 0 Å². The standard InChI is InChI=1S/C15H18N4O2/c1-4-20-15(21-5-2)12-9-11-7-6-10(3)8-13(11)19-14(12)16-17-18-19/h6-9,15H,4-5H2,1-3H3. The van der Waals surface area contributed by atoms with Crippen LogP contribution < -0.4 is 0 Å². The van der Waals surface area contributed by atoms with Crippen LogP contribution in [0.3, 0.4) is 0 Å². The van der Waals surface area contributed by atoms with Gasteiger partial charge in [0.25, 0.3) is 0 Å². The Bertz CT molecular complexity index is 763. The quantitative estimate of drug-likeness (QED) is 0.675. The third kappa shape index (κ3) is 2.48. The van der Waals surface area contributed by atoms with Gasteiger partial charge in [0.05, 0.1) is 11.1 Å². The normalized spacial score (nSPS) is 11.8. The van der Waals surface area contributed by atoms with Gasteiger partial charge in [-0.05, 0) is 48.9 Å². The van der Waals surface area contributed by atoms with Crippen molar-refractivity contribution in [3.8, 4) is 0 Å². The van der Waals surface area contributed by atoms with E-state index in [0.717, 1.165) is 16.5 Å². The van der Waals surface area contributed by atoms with Gasteiger partial charge in [-0.15, -0.1) is 5.10 Å². The molecule has 2 heterocycles. The Morgan fingerprint density at radius 1 is 1.14 bits per heavy atom. The molecule has 0 saturated heterocycles. The summed E-state index contributed by atoms with van der Waals surface area (Å²) in [7, 11) is 0. The Labute approximate surface area is 122 Å². The van der Waals surface area contributed by atoms with Crippen molar-refractivity contribution in [2.24, 2.45) is 0 Å². The fraction of sp³-hybridized carbons (Fsp3) is 0.400. The highest BCUT2D eigenvalue weighted by Crippen LogP contribution is 2.27. The van der Waals surface area contributed by atoms with Crippen molar-refractivity contribution >= 4 is 16.6 Å². The smallest absolute Gasteiger partial charge is 0.188 e. The molecule has 0 amide bonds. The maximum atomic E-state index is 5.69. The third-order valence-electron chi connectivity index (χ3n) is 3.34. The Balaban J connectivity index is 2.25. The molecule has 3 aromatic rings. The Morgan fingerprint density at radius 3 is 2.62 bits per heavy atom. The average Bonchev–Trinajstić information content (AvgIpc) is 2.96. The zero-order valence-corrected chi connectivity index (χ0v) is 12.4. The number of rotatable bonds is 5. The number of benzene rings is 1. The van der Waals surface area contributed by atoms with Crippen molar-refractivity contribution in [2.45, 2.75) is 27.1 Å². The van der Waals surface area contributed by atoms with Crippen molar-refractivity contribution in [1.82, 2.24) is 20.0 Å². The van der Waals surface area contributed by atoms with Crippen LogP contribution in [0.4, 0.5) is 0 Å². The fourth-order valence-corrected chi connectivity index (χ4v) is 2.42. The zero-order chi connectivity index (χ0) is 14.8. The first kappa shape index (κ1) is 13.9. The van der Waals surface area contributed by atoms with E-state index in [1.165, 1.54) is 5.56 Å². The summed E-state index contributed by atoms with van der Waals surface area (Å²) in [6, 6.07) is 8.23. The summed E-state index contributed by atoms with van der Waals surface area (Å²) in [5.41, 5.74) is 3.66. The predicted octanol–water partition coefficient (Wildman–Crippen LogP) is 2.66. The predicted molar refractivity (Wildman–Crippen MR) is 79.0 cm³/mol. The first-order chi connectivity index (χ1) is 10.2. The van der Waals surface area contributed by atoms with Crippen LogP contribution in [0.15, 0.2) is 24.3 Å². The van der Waals surface area contributed by atoms with E-state index in [0.29, 0.717) is 18.9 Å². The van der Waals surface area contributed by atoms with Gasteiger partial charge in [-0.2, -0.15) is 4.52 Å². The van der Waals surface area contributed by atoms with Crippen LogP contribution in [0.2, 0.25) is 0 Å². The molecular formula is C15H18N4O2. The summed E-state index contributed by atoms with van der Waals surface area (Å²) in [6.45, 7) is 7.05. The minimum absolute atomic E-state index is 0.459. The molecule has 2 aromatic heterocycles. The minimum atomic E-state index is -0.459. The lowest BCUT2D eigenvalue weighted by Gasteiger charge is -2.18. The zero-order valence-electron chi connectivity index (χ0n) is 12.4. The van der Waals surface area contributed by atoms with E-state index in [1.807, 2.05) is 26.8 Å². The van der Waals surface area contributed by atoms with Crippen LogP contribution in [0, 0.1) is 6.92 Å². The van der Waals surface area contributed by atoms with Crippen LogP contribution in [0.1, 0.15) is 31.3 Å². The monoisotopic (exact) mass is 286 g/mol. The number of ether oxygens (including phenoxy) is 2. The molecule has 0 N–H and O–H groups in total. The van der Waals surface area contributed by atoms with E-state index in [4.69, 9.17) is 9.47 Å². The van der Waals surface area contributed by atoms with Crippen molar-refractivity contribution in [1.29, 1.82) is 0 Å².